The van der Waals surface area contributed by atoms with Crippen molar-refractivity contribution in [2.45, 2.75) is 76.0 Å². The van der Waals surface area contributed by atoms with Crippen LogP contribution >= 0.6 is 0 Å². The molecule has 5 N–H and O–H groups in total. The zero-order chi connectivity index (χ0) is 32.0. The van der Waals surface area contributed by atoms with E-state index in [2.05, 4.69) is 32.7 Å². The SMILES string of the molecule is Nc1ccc(N2CCN(C(=O)NC3CCC(NCCCC#Cc4ccc5c(c4)CN(C4CCC(=O)NC4=O)C5=O)CC3)CC2)cc1. The standard InChI is InChI=1S/C35H43N7O4/c36-26-6-12-29(13-7-26)40-18-20-41(21-19-40)35(46)38-28-10-8-27(9-11-28)37-17-3-1-2-4-24-5-14-30-25(22-24)23-42(34(30)45)31-15-16-32(43)39-33(31)44/h5-7,12-14,22,27-28,31,37H,1,3,8-11,15-21,23,36H2,(H,38,46)(H,39,43,44). The Morgan fingerprint density at radius 1 is 0.935 bits per heavy atom. The Morgan fingerprint density at radius 3 is 2.41 bits per heavy atom. The lowest BCUT2D eigenvalue weighted by Gasteiger charge is -2.37. The van der Waals surface area contributed by atoms with Gasteiger partial charge in [0.1, 0.15) is 6.04 Å². The van der Waals surface area contributed by atoms with E-state index in [9.17, 15) is 19.2 Å². The minimum absolute atomic E-state index is 0.0496. The van der Waals surface area contributed by atoms with Crippen LogP contribution in [0.15, 0.2) is 42.5 Å². The van der Waals surface area contributed by atoms with Gasteiger partial charge in [0.2, 0.25) is 11.8 Å². The molecule has 46 heavy (non-hydrogen) atoms. The van der Waals surface area contributed by atoms with Crippen LogP contribution in [-0.2, 0) is 16.1 Å². The molecule has 5 amide bonds. The molecule has 3 fully saturated rings. The van der Waals surface area contributed by atoms with Gasteiger partial charge in [-0.05, 0) is 93.1 Å². The highest BCUT2D eigenvalue weighted by Crippen LogP contribution is 2.28. The summed E-state index contributed by atoms with van der Waals surface area (Å²) in [4.78, 5) is 55.3. The lowest BCUT2D eigenvalue weighted by molar-refractivity contribution is -0.136. The van der Waals surface area contributed by atoms with Crippen LogP contribution in [0.1, 0.15) is 72.9 Å². The number of carbonyl (C=O) groups is 4. The number of benzene rings is 2. The predicted octanol–water partition coefficient (Wildman–Crippen LogP) is 2.59. The highest BCUT2D eigenvalue weighted by Gasteiger charge is 2.39. The number of unbranched alkanes of at least 4 members (excludes halogenated alkanes) is 1. The topological polar surface area (TPSA) is 140 Å². The molecule has 0 bridgehead atoms. The highest BCUT2D eigenvalue weighted by atomic mass is 16.2. The number of amides is 5. The Labute approximate surface area is 270 Å². The van der Waals surface area contributed by atoms with Crippen molar-refractivity contribution in [3.05, 3.63) is 59.2 Å². The number of urea groups is 1. The first kappa shape index (κ1) is 31.4. The third-order valence-electron chi connectivity index (χ3n) is 9.55. The third kappa shape index (κ3) is 7.45. The number of nitrogens with zero attached hydrogens (tertiary/aromatic N) is 3. The molecule has 1 unspecified atom stereocenters. The van der Waals surface area contributed by atoms with Gasteiger partial charge in [0.15, 0.2) is 0 Å². The number of nitrogens with two attached hydrogens (primary N) is 1. The van der Waals surface area contributed by atoms with Gasteiger partial charge >= 0.3 is 6.03 Å². The van der Waals surface area contributed by atoms with Gasteiger partial charge in [-0.15, -0.1) is 0 Å². The molecule has 3 heterocycles. The molecule has 0 aromatic heterocycles. The lowest BCUT2D eigenvalue weighted by Crippen LogP contribution is -2.54. The molecule has 4 aliphatic rings. The van der Waals surface area contributed by atoms with Gasteiger partial charge in [-0.3, -0.25) is 19.7 Å². The molecule has 11 heteroatoms. The summed E-state index contributed by atoms with van der Waals surface area (Å²) in [5.74, 6) is 5.61. The normalized spacial score (nSPS) is 23.0. The van der Waals surface area contributed by atoms with E-state index < -0.39 is 11.9 Å². The lowest BCUT2D eigenvalue weighted by atomic mass is 9.91. The second kappa shape index (κ2) is 14.3. The second-order valence-electron chi connectivity index (χ2n) is 12.7. The highest BCUT2D eigenvalue weighted by molar-refractivity contribution is 6.05. The van der Waals surface area contributed by atoms with Crippen LogP contribution < -0.4 is 26.6 Å². The summed E-state index contributed by atoms with van der Waals surface area (Å²) in [5, 5.41) is 9.26. The van der Waals surface area contributed by atoms with Gasteiger partial charge in [-0.2, -0.15) is 0 Å². The molecule has 0 radical (unpaired) electrons. The molecule has 0 spiro atoms. The number of hydrogen-bond acceptors (Lipinski definition) is 7. The predicted molar refractivity (Wildman–Crippen MR) is 176 cm³/mol. The van der Waals surface area contributed by atoms with Crippen molar-refractivity contribution in [1.82, 2.24) is 25.8 Å². The number of piperazine rings is 1. The van der Waals surface area contributed by atoms with E-state index >= 15 is 0 Å². The number of nitrogens with one attached hydrogen (secondary N) is 3. The summed E-state index contributed by atoms with van der Waals surface area (Å²) in [7, 11) is 0. The van der Waals surface area contributed by atoms with E-state index in [-0.39, 0.29) is 30.3 Å². The average molecular weight is 626 g/mol. The Bertz CT molecular complexity index is 1520. The zero-order valence-corrected chi connectivity index (χ0v) is 26.2. The minimum Gasteiger partial charge on any atom is -0.399 e. The Morgan fingerprint density at radius 2 is 1.67 bits per heavy atom. The Balaban J connectivity index is 0.859. The smallest absolute Gasteiger partial charge is 0.317 e. The summed E-state index contributed by atoms with van der Waals surface area (Å²) in [5.41, 5.74) is 10.0. The molecule has 2 saturated heterocycles. The van der Waals surface area contributed by atoms with Crippen LogP contribution in [0.25, 0.3) is 0 Å². The fourth-order valence-corrected chi connectivity index (χ4v) is 6.86. The maximum absolute atomic E-state index is 12.9. The average Bonchev–Trinajstić information content (AvgIpc) is 3.38. The zero-order valence-electron chi connectivity index (χ0n) is 26.2. The van der Waals surface area contributed by atoms with Crippen molar-refractivity contribution in [2.24, 2.45) is 0 Å². The van der Waals surface area contributed by atoms with Crippen molar-refractivity contribution in [1.29, 1.82) is 0 Å². The number of imide groups is 1. The van der Waals surface area contributed by atoms with E-state index in [1.807, 2.05) is 41.3 Å². The molecule has 2 aromatic rings. The molecule has 1 aliphatic carbocycles. The van der Waals surface area contributed by atoms with Crippen LogP contribution in [0.2, 0.25) is 0 Å². The van der Waals surface area contributed by atoms with E-state index in [0.29, 0.717) is 37.7 Å². The maximum Gasteiger partial charge on any atom is 0.317 e. The number of fused-ring (bicyclic) bond motifs is 1. The molecule has 11 nitrogen and oxygen atoms in total. The van der Waals surface area contributed by atoms with Crippen LogP contribution in [-0.4, -0.2) is 84.4 Å². The molecule has 1 saturated carbocycles. The molecule has 3 aliphatic heterocycles. The van der Waals surface area contributed by atoms with Crippen molar-refractivity contribution in [2.75, 3.05) is 43.4 Å². The van der Waals surface area contributed by atoms with Crippen LogP contribution in [0.4, 0.5) is 16.2 Å². The van der Waals surface area contributed by atoms with Gasteiger partial charge in [0.05, 0.1) is 0 Å². The van der Waals surface area contributed by atoms with Gasteiger partial charge < -0.3 is 31.1 Å². The minimum atomic E-state index is -0.609. The Kier molecular flexibility index (Phi) is 9.73. The van der Waals surface area contributed by atoms with Crippen molar-refractivity contribution in [3.8, 4) is 11.8 Å². The number of rotatable bonds is 7. The fraction of sp³-hybridized carbons (Fsp3) is 0.486. The van der Waals surface area contributed by atoms with Crippen LogP contribution in [0.5, 0.6) is 0 Å². The molecular weight excluding hydrogens is 582 g/mol. The second-order valence-corrected chi connectivity index (χ2v) is 12.7. The Hall–Kier alpha value is -4.56. The van der Waals surface area contributed by atoms with E-state index in [0.717, 1.165) is 80.7 Å². The quantitative estimate of drug-likeness (QED) is 0.161. The largest absolute Gasteiger partial charge is 0.399 e. The molecular formula is C35H43N7O4. The van der Waals surface area contributed by atoms with Gasteiger partial charge in [-0.25, -0.2) is 4.79 Å². The summed E-state index contributed by atoms with van der Waals surface area (Å²) in [6.45, 7) is 4.31. The molecule has 2 aromatic carbocycles. The van der Waals surface area contributed by atoms with Crippen molar-refractivity contribution in [3.63, 3.8) is 0 Å². The van der Waals surface area contributed by atoms with Crippen molar-refractivity contribution < 1.29 is 19.2 Å². The first-order chi connectivity index (χ1) is 22.3. The number of hydrogen-bond donors (Lipinski definition) is 4. The maximum atomic E-state index is 12.9. The summed E-state index contributed by atoms with van der Waals surface area (Å²) in [6, 6.07) is 13.6. The third-order valence-corrected chi connectivity index (χ3v) is 9.55. The molecule has 1 atom stereocenters. The molecule has 6 rings (SSSR count). The first-order valence-corrected chi connectivity index (χ1v) is 16.5. The van der Waals surface area contributed by atoms with E-state index in [1.54, 1.807) is 11.0 Å². The fourth-order valence-electron chi connectivity index (χ4n) is 6.86. The summed E-state index contributed by atoms with van der Waals surface area (Å²) >= 11 is 0. The monoisotopic (exact) mass is 625 g/mol. The molecule has 242 valence electrons. The van der Waals surface area contributed by atoms with E-state index in [1.165, 1.54) is 0 Å². The summed E-state index contributed by atoms with van der Waals surface area (Å²) in [6.07, 6.45) is 6.37. The van der Waals surface area contributed by atoms with Gasteiger partial charge in [0.25, 0.3) is 5.91 Å². The number of anilines is 2. The first-order valence-electron chi connectivity index (χ1n) is 16.5. The van der Waals surface area contributed by atoms with Crippen LogP contribution in [0.3, 0.4) is 0 Å². The number of nitrogen functional groups attached to an aromatic ring is 1. The van der Waals surface area contributed by atoms with E-state index in [4.69, 9.17) is 5.73 Å². The number of piperidine rings is 1. The van der Waals surface area contributed by atoms with Gasteiger partial charge in [-0.1, -0.05) is 11.8 Å². The van der Waals surface area contributed by atoms with Crippen molar-refractivity contribution >= 4 is 35.1 Å². The number of carbonyl (C=O) groups excluding carboxylic acids is 4. The van der Waals surface area contributed by atoms with Crippen LogP contribution in [0, 0.1) is 11.8 Å². The van der Waals surface area contributed by atoms with Gasteiger partial charge in [0, 0.05) is 80.2 Å². The summed E-state index contributed by atoms with van der Waals surface area (Å²) < 4.78 is 0.